The van der Waals surface area contributed by atoms with Crippen molar-refractivity contribution in [3.8, 4) is 0 Å². The van der Waals surface area contributed by atoms with Gasteiger partial charge in [0.15, 0.2) is 0 Å². The van der Waals surface area contributed by atoms with Gasteiger partial charge in [-0.3, -0.25) is 9.39 Å². The average Bonchev–Trinajstić information content (AvgIpc) is 3.48. The molecule has 7 heteroatoms. The highest BCUT2D eigenvalue weighted by Gasteiger charge is 2.20. The molecule has 0 radical (unpaired) electrons. The number of hydrogen-bond donors (Lipinski definition) is 0. The van der Waals surface area contributed by atoms with Crippen molar-refractivity contribution in [2.45, 2.75) is 33.2 Å². The average molecular weight is 442 g/mol. The smallest absolute Gasteiger partial charge is 0.142 e. The fraction of sp³-hybridized carbons (Fsp3) is 0.346. The maximum Gasteiger partial charge on any atom is 0.142 e. The van der Waals surface area contributed by atoms with Crippen molar-refractivity contribution in [2.75, 3.05) is 36.0 Å². The van der Waals surface area contributed by atoms with E-state index in [1.165, 1.54) is 11.2 Å². The number of rotatable bonds is 7. The lowest BCUT2D eigenvalue weighted by Gasteiger charge is -2.36. The first-order chi connectivity index (χ1) is 16.2. The van der Waals surface area contributed by atoms with E-state index in [1.807, 2.05) is 38.5 Å². The first-order valence-electron chi connectivity index (χ1n) is 11.7. The monoisotopic (exact) mass is 441 g/mol. The molecule has 5 heterocycles. The van der Waals surface area contributed by atoms with Gasteiger partial charge in [-0.15, -0.1) is 0 Å². The molecule has 4 aromatic rings. The van der Waals surface area contributed by atoms with E-state index in [4.69, 9.17) is 4.98 Å². The molecule has 5 rings (SSSR count). The second-order valence-electron chi connectivity index (χ2n) is 8.71. The number of aromatic nitrogens is 4. The molecule has 7 nitrogen and oxygen atoms in total. The van der Waals surface area contributed by atoms with E-state index in [1.54, 1.807) is 0 Å². The first-order valence-corrected chi connectivity index (χ1v) is 11.7. The van der Waals surface area contributed by atoms with Gasteiger partial charge in [-0.1, -0.05) is 12.1 Å². The minimum Gasteiger partial charge on any atom is -0.354 e. The van der Waals surface area contributed by atoms with E-state index in [9.17, 15) is 0 Å². The van der Waals surface area contributed by atoms with Crippen LogP contribution in [0.15, 0.2) is 72.3 Å². The Morgan fingerprint density at radius 2 is 1.85 bits per heavy atom. The Balaban J connectivity index is 1.24. The molecular formula is C26H31N7. The van der Waals surface area contributed by atoms with E-state index < -0.39 is 0 Å². The molecule has 0 aliphatic carbocycles. The third kappa shape index (κ3) is 4.62. The number of nitrogens with zero attached hydrogens (tertiary/aromatic N) is 7. The summed E-state index contributed by atoms with van der Waals surface area (Å²) in [6.45, 7) is 8.81. The number of allylic oxidation sites excluding steroid dienone is 1. The molecule has 0 atom stereocenters. The molecule has 1 saturated heterocycles. The molecule has 0 N–H and O–H groups in total. The molecule has 33 heavy (non-hydrogen) atoms. The van der Waals surface area contributed by atoms with E-state index in [-0.39, 0.29) is 0 Å². The Morgan fingerprint density at radius 1 is 1.00 bits per heavy atom. The van der Waals surface area contributed by atoms with Crippen LogP contribution in [0.3, 0.4) is 0 Å². The molecular weight excluding hydrogens is 410 g/mol. The summed E-state index contributed by atoms with van der Waals surface area (Å²) in [5.74, 6) is 2.27. The molecule has 0 unspecified atom stereocenters. The van der Waals surface area contributed by atoms with Gasteiger partial charge in [0.2, 0.25) is 0 Å². The largest absolute Gasteiger partial charge is 0.354 e. The Bertz CT molecular complexity index is 1280. The summed E-state index contributed by atoms with van der Waals surface area (Å²) in [4.78, 5) is 18.6. The van der Waals surface area contributed by atoms with Gasteiger partial charge in [0.1, 0.15) is 22.9 Å². The van der Waals surface area contributed by atoms with Gasteiger partial charge in [-0.25, -0.2) is 9.97 Å². The number of piperazine rings is 1. The number of fused-ring (bicyclic) bond motifs is 2. The zero-order chi connectivity index (χ0) is 22.6. The molecule has 0 aromatic carbocycles. The van der Waals surface area contributed by atoms with Crippen molar-refractivity contribution >= 4 is 34.0 Å². The summed E-state index contributed by atoms with van der Waals surface area (Å²) in [5.41, 5.74) is 3.15. The highest BCUT2D eigenvalue weighted by molar-refractivity contribution is 5.79. The van der Waals surface area contributed by atoms with Crippen LogP contribution in [0.25, 0.3) is 16.7 Å². The van der Waals surface area contributed by atoms with E-state index >= 15 is 0 Å². The minimum atomic E-state index is 0.951. The minimum absolute atomic E-state index is 0.951. The van der Waals surface area contributed by atoms with Gasteiger partial charge >= 0.3 is 0 Å². The fourth-order valence-electron chi connectivity index (χ4n) is 4.42. The van der Waals surface area contributed by atoms with Crippen LogP contribution in [0, 0.1) is 0 Å². The summed E-state index contributed by atoms with van der Waals surface area (Å²) < 4.78 is 4.44. The van der Waals surface area contributed by atoms with Crippen molar-refractivity contribution in [3.05, 3.63) is 67.3 Å². The number of imidazole rings is 1. The number of aryl methyl sites for hydroxylation is 1. The Kier molecular flexibility index (Phi) is 6.11. The van der Waals surface area contributed by atoms with Gasteiger partial charge in [-0.2, -0.15) is 0 Å². The predicted octanol–water partition coefficient (Wildman–Crippen LogP) is 4.79. The van der Waals surface area contributed by atoms with E-state index in [0.717, 1.165) is 68.4 Å². The zero-order valence-electron chi connectivity index (χ0n) is 19.4. The summed E-state index contributed by atoms with van der Waals surface area (Å²) in [6, 6.07) is 12.8. The number of unbranched alkanes of at least 4 members (excludes halogenated alkanes) is 1. The molecule has 0 amide bonds. The third-order valence-corrected chi connectivity index (χ3v) is 6.14. The molecule has 4 aromatic heterocycles. The van der Waals surface area contributed by atoms with Gasteiger partial charge in [0, 0.05) is 68.6 Å². The Hall–Kier alpha value is -3.61. The van der Waals surface area contributed by atoms with Crippen molar-refractivity contribution in [1.29, 1.82) is 0 Å². The maximum absolute atomic E-state index is 5.05. The first kappa shape index (κ1) is 21.2. The third-order valence-electron chi connectivity index (χ3n) is 6.14. The number of anilines is 2. The van der Waals surface area contributed by atoms with Crippen LogP contribution >= 0.6 is 0 Å². The molecule has 0 spiro atoms. The van der Waals surface area contributed by atoms with Crippen LogP contribution in [0.2, 0.25) is 0 Å². The molecule has 0 bridgehead atoms. The van der Waals surface area contributed by atoms with Crippen LogP contribution < -0.4 is 9.80 Å². The van der Waals surface area contributed by atoms with Crippen LogP contribution in [0.5, 0.6) is 0 Å². The van der Waals surface area contributed by atoms with Crippen LogP contribution in [0.4, 0.5) is 11.6 Å². The topological polar surface area (TPSA) is 54.0 Å². The highest BCUT2D eigenvalue weighted by atomic mass is 15.3. The fourth-order valence-corrected chi connectivity index (χ4v) is 4.42. The highest BCUT2D eigenvalue weighted by Crippen LogP contribution is 2.23. The summed E-state index contributed by atoms with van der Waals surface area (Å²) in [5, 5.41) is 1.20. The van der Waals surface area contributed by atoms with Crippen molar-refractivity contribution in [2.24, 2.45) is 4.99 Å². The van der Waals surface area contributed by atoms with Crippen molar-refractivity contribution in [1.82, 2.24) is 18.9 Å². The number of aliphatic imine (C=N–C) groups is 1. The quantitative estimate of drug-likeness (QED) is 0.306. The van der Waals surface area contributed by atoms with Gasteiger partial charge in [-0.05, 0) is 57.0 Å². The zero-order valence-corrected chi connectivity index (χ0v) is 19.4. The van der Waals surface area contributed by atoms with Crippen molar-refractivity contribution in [3.63, 3.8) is 0 Å². The second kappa shape index (κ2) is 9.48. The lowest BCUT2D eigenvalue weighted by molar-refractivity contribution is 0.637. The van der Waals surface area contributed by atoms with Crippen LogP contribution in [0.1, 0.15) is 26.7 Å². The van der Waals surface area contributed by atoms with Crippen LogP contribution in [-0.2, 0) is 6.54 Å². The molecule has 170 valence electrons. The summed E-state index contributed by atoms with van der Waals surface area (Å²) >= 11 is 0. The van der Waals surface area contributed by atoms with E-state index in [0.29, 0.717) is 0 Å². The molecule has 1 aliphatic heterocycles. The van der Waals surface area contributed by atoms with Gasteiger partial charge in [0.05, 0.1) is 0 Å². The van der Waals surface area contributed by atoms with E-state index in [2.05, 4.69) is 71.3 Å². The van der Waals surface area contributed by atoms with Crippen LogP contribution in [-0.4, -0.2) is 50.8 Å². The van der Waals surface area contributed by atoms with Gasteiger partial charge in [0.25, 0.3) is 0 Å². The van der Waals surface area contributed by atoms with Gasteiger partial charge < -0.3 is 14.4 Å². The molecule has 1 fully saturated rings. The number of hydrogen-bond acceptors (Lipinski definition) is 5. The summed E-state index contributed by atoms with van der Waals surface area (Å²) in [7, 11) is 0. The summed E-state index contributed by atoms with van der Waals surface area (Å²) in [6.07, 6.45) is 12.2. The lowest BCUT2D eigenvalue weighted by Crippen LogP contribution is -2.47. The second-order valence-corrected chi connectivity index (χ2v) is 8.71. The Labute approximate surface area is 194 Å². The number of pyridine rings is 2. The maximum atomic E-state index is 5.05. The Morgan fingerprint density at radius 3 is 2.70 bits per heavy atom. The van der Waals surface area contributed by atoms with Crippen molar-refractivity contribution < 1.29 is 0 Å². The standard InChI is InChI=1S/C26H31N7/c1-21(2)27-12-4-3-5-14-32-15-11-22-9-10-24(29-26(22)32)30-17-19-31(20-18-30)25-8-6-7-23-28-13-16-33(23)25/h4,6-13,15-16H,3,5,14,17-20H2,1-2H3/b12-4-. The molecule has 0 saturated carbocycles. The normalized spacial score (nSPS) is 14.6. The predicted molar refractivity (Wildman–Crippen MR) is 137 cm³/mol. The SMILES string of the molecule is CC(C)=N/C=C\CCCn1ccc2ccc(N3CCN(c4cccc5nccn45)CC3)nc21. The molecule has 1 aliphatic rings. The lowest BCUT2D eigenvalue weighted by atomic mass is 10.2.